The number of hydrogen-bond donors (Lipinski definition) is 2. The van der Waals surface area contributed by atoms with Gasteiger partial charge in [0, 0.05) is 12.1 Å². The highest BCUT2D eigenvalue weighted by Crippen LogP contribution is 1.87. The van der Waals surface area contributed by atoms with E-state index in [9.17, 15) is 5.21 Å². The highest BCUT2D eigenvalue weighted by atomic mass is 16.5. The zero-order valence-corrected chi connectivity index (χ0v) is 5.45. The van der Waals surface area contributed by atoms with E-state index in [0.717, 1.165) is 4.73 Å². The molecule has 0 bridgehead atoms. The Morgan fingerprint density at radius 1 is 1.60 bits per heavy atom. The lowest BCUT2D eigenvalue weighted by molar-refractivity contribution is -0.614. The average Bonchev–Trinajstić information content (AvgIpc) is 1.94. The Morgan fingerprint density at radius 3 is 3.00 bits per heavy atom. The Hall–Kier alpha value is -1.13. The number of nitrogens with zero attached hydrogens (tertiary/aromatic N) is 1. The van der Waals surface area contributed by atoms with E-state index in [-0.39, 0.29) is 0 Å². The minimum Gasteiger partial charge on any atom is -0.618 e. The van der Waals surface area contributed by atoms with Crippen molar-refractivity contribution in [2.24, 2.45) is 5.84 Å². The Balaban J connectivity index is 2.81. The van der Waals surface area contributed by atoms with Crippen LogP contribution in [-0.4, -0.2) is 0 Å². The summed E-state index contributed by atoms with van der Waals surface area (Å²) in [5, 5.41) is 10.8. The highest BCUT2D eigenvalue weighted by molar-refractivity contribution is 4.96. The summed E-state index contributed by atoms with van der Waals surface area (Å²) >= 11 is 0. The van der Waals surface area contributed by atoms with E-state index in [2.05, 4.69) is 5.43 Å². The van der Waals surface area contributed by atoms with Crippen LogP contribution < -0.4 is 16.0 Å². The normalized spacial score (nSPS) is 9.70. The SMILES string of the molecule is NNCc1cccc[n+]1[O-]. The van der Waals surface area contributed by atoms with Crippen LogP contribution in [0.1, 0.15) is 5.69 Å². The summed E-state index contributed by atoms with van der Waals surface area (Å²) < 4.78 is 0.778. The van der Waals surface area contributed by atoms with Gasteiger partial charge in [-0.05, 0) is 6.07 Å². The predicted octanol–water partition coefficient (Wildman–Crippen LogP) is -0.717. The van der Waals surface area contributed by atoms with Crippen molar-refractivity contribution in [2.75, 3.05) is 0 Å². The van der Waals surface area contributed by atoms with Crippen LogP contribution in [0.4, 0.5) is 0 Å². The largest absolute Gasteiger partial charge is 0.618 e. The van der Waals surface area contributed by atoms with Gasteiger partial charge in [-0.25, -0.2) is 5.43 Å². The third kappa shape index (κ3) is 1.43. The molecule has 0 spiro atoms. The zero-order chi connectivity index (χ0) is 7.40. The van der Waals surface area contributed by atoms with E-state index in [1.165, 1.54) is 6.20 Å². The molecule has 0 aliphatic carbocycles. The van der Waals surface area contributed by atoms with Gasteiger partial charge in [0.05, 0.1) is 6.54 Å². The number of hydrazine groups is 1. The van der Waals surface area contributed by atoms with Crippen LogP contribution in [0.25, 0.3) is 0 Å². The van der Waals surface area contributed by atoms with E-state index >= 15 is 0 Å². The highest BCUT2D eigenvalue weighted by Gasteiger charge is 1.98. The first-order valence-corrected chi connectivity index (χ1v) is 2.95. The average molecular weight is 139 g/mol. The van der Waals surface area contributed by atoms with Crippen molar-refractivity contribution in [3.63, 3.8) is 0 Å². The molecular formula is C6H9N3O. The number of rotatable bonds is 2. The molecular weight excluding hydrogens is 130 g/mol. The van der Waals surface area contributed by atoms with Gasteiger partial charge in [0.2, 0.25) is 5.69 Å². The molecule has 0 aromatic carbocycles. The minimum absolute atomic E-state index is 0.393. The van der Waals surface area contributed by atoms with Crippen molar-refractivity contribution < 1.29 is 4.73 Å². The van der Waals surface area contributed by atoms with Crippen molar-refractivity contribution in [2.45, 2.75) is 6.54 Å². The standard InChI is InChI=1S/C6H9N3O/c7-8-5-6-3-1-2-4-9(6)10/h1-4,8H,5,7H2. The monoisotopic (exact) mass is 139 g/mol. The van der Waals surface area contributed by atoms with Gasteiger partial charge in [-0.2, -0.15) is 4.73 Å². The Morgan fingerprint density at radius 2 is 2.40 bits per heavy atom. The molecule has 1 heterocycles. The molecule has 1 aromatic heterocycles. The van der Waals surface area contributed by atoms with E-state index in [1.54, 1.807) is 18.2 Å². The molecule has 3 N–H and O–H groups in total. The van der Waals surface area contributed by atoms with Crippen LogP contribution in [0.2, 0.25) is 0 Å². The summed E-state index contributed by atoms with van der Waals surface area (Å²) in [6.07, 6.45) is 1.44. The lowest BCUT2D eigenvalue weighted by atomic mass is 10.3. The summed E-state index contributed by atoms with van der Waals surface area (Å²) in [5.41, 5.74) is 3.02. The molecule has 4 heteroatoms. The second kappa shape index (κ2) is 3.14. The molecule has 0 saturated heterocycles. The Bertz CT molecular complexity index is 214. The molecule has 0 aliphatic heterocycles. The number of nitrogens with two attached hydrogens (primary N) is 1. The van der Waals surface area contributed by atoms with Crippen molar-refractivity contribution in [1.82, 2.24) is 5.43 Å². The second-order valence-electron chi connectivity index (χ2n) is 1.90. The van der Waals surface area contributed by atoms with Crippen LogP contribution in [0.15, 0.2) is 24.4 Å². The van der Waals surface area contributed by atoms with Crippen molar-refractivity contribution in [3.05, 3.63) is 35.3 Å². The summed E-state index contributed by atoms with van der Waals surface area (Å²) in [5.74, 6) is 5.03. The molecule has 54 valence electrons. The van der Waals surface area contributed by atoms with Crippen LogP contribution >= 0.6 is 0 Å². The van der Waals surface area contributed by atoms with Crippen LogP contribution in [-0.2, 0) is 6.54 Å². The van der Waals surface area contributed by atoms with Crippen molar-refractivity contribution in [1.29, 1.82) is 0 Å². The fourth-order valence-corrected chi connectivity index (χ4v) is 0.705. The smallest absolute Gasteiger partial charge is 0.207 e. The number of pyridine rings is 1. The number of nitrogens with one attached hydrogen (secondary N) is 1. The topological polar surface area (TPSA) is 65.0 Å². The molecule has 0 saturated carbocycles. The van der Waals surface area contributed by atoms with Crippen LogP contribution in [0, 0.1) is 5.21 Å². The summed E-state index contributed by atoms with van der Waals surface area (Å²) in [6.45, 7) is 0.393. The quantitative estimate of drug-likeness (QED) is 0.246. The molecule has 1 aromatic rings. The van der Waals surface area contributed by atoms with E-state index in [1.807, 2.05) is 0 Å². The van der Waals surface area contributed by atoms with Crippen molar-refractivity contribution in [3.8, 4) is 0 Å². The molecule has 0 atom stereocenters. The van der Waals surface area contributed by atoms with Gasteiger partial charge in [-0.15, -0.1) is 0 Å². The van der Waals surface area contributed by atoms with Crippen molar-refractivity contribution >= 4 is 0 Å². The van der Waals surface area contributed by atoms with E-state index < -0.39 is 0 Å². The molecule has 0 aliphatic rings. The third-order valence-corrected chi connectivity index (χ3v) is 1.19. The van der Waals surface area contributed by atoms with Gasteiger partial charge in [0.25, 0.3) is 0 Å². The number of aromatic nitrogens is 1. The molecule has 0 amide bonds. The maximum atomic E-state index is 10.8. The number of hydrogen-bond acceptors (Lipinski definition) is 3. The minimum atomic E-state index is 0.393. The molecule has 1 rings (SSSR count). The second-order valence-corrected chi connectivity index (χ2v) is 1.90. The first-order chi connectivity index (χ1) is 4.84. The van der Waals surface area contributed by atoms with Gasteiger partial charge in [-0.3, -0.25) is 5.84 Å². The lowest BCUT2D eigenvalue weighted by Gasteiger charge is -2.01. The fraction of sp³-hybridized carbons (Fsp3) is 0.167. The summed E-state index contributed by atoms with van der Waals surface area (Å²) in [4.78, 5) is 0. The molecule has 4 nitrogen and oxygen atoms in total. The third-order valence-electron chi connectivity index (χ3n) is 1.19. The predicted molar refractivity (Wildman–Crippen MR) is 36.4 cm³/mol. The first kappa shape index (κ1) is 6.98. The van der Waals surface area contributed by atoms with Gasteiger partial charge >= 0.3 is 0 Å². The first-order valence-electron chi connectivity index (χ1n) is 2.95. The molecule has 10 heavy (non-hydrogen) atoms. The van der Waals surface area contributed by atoms with Crippen LogP contribution in [0.3, 0.4) is 0 Å². The summed E-state index contributed by atoms with van der Waals surface area (Å²) in [7, 11) is 0. The zero-order valence-electron chi connectivity index (χ0n) is 5.45. The van der Waals surface area contributed by atoms with E-state index in [0.29, 0.717) is 12.2 Å². The van der Waals surface area contributed by atoms with Gasteiger partial charge < -0.3 is 5.21 Å². The summed E-state index contributed by atoms with van der Waals surface area (Å²) in [6, 6.07) is 5.18. The Labute approximate surface area is 58.8 Å². The molecule has 0 radical (unpaired) electrons. The fourth-order valence-electron chi connectivity index (χ4n) is 0.705. The van der Waals surface area contributed by atoms with Gasteiger partial charge in [0.15, 0.2) is 6.20 Å². The lowest BCUT2D eigenvalue weighted by Crippen LogP contribution is -2.35. The van der Waals surface area contributed by atoms with Gasteiger partial charge in [-0.1, -0.05) is 0 Å². The maximum Gasteiger partial charge on any atom is 0.207 e. The Kier molecular flexibility index (Phi) is 2.20. The van der Waals surface area contributed by atoms with Crippen LogP contribution in [0.5, 0.6) is 0 Å². The van der Waals surface area contributed by atoms with E-state index in [4.69, 9.17) is 5.84 Å². The molecule has 0 unspecified atom stereocenters. The molecule has 0 fully saturated rings. The maximum absolute atomic E-state index is 10.8. The van der Waals surface area contributed by atoms with Gasteiger partial charge in [0.1, 0.15) is 0 Å².